The highest BCUT2D eigenvalue weighted by Gasteiger charge is 2.30. The van der Waals surface area contributed by atoms with E-state index in [4.69, 9.17) is 6.42 Å². The number of terminal acetylenes is 1. The SMILES string of the molecule is C#CCNC1=C(Br)C(=O)c2ccccc2C1=O. The van der Waals surface area contributed by atoms with Crippen LogP contribution in [-0.2, 0) is 0 Å². The fourth-order valence-corrected chi connectivity index (χ4v) is 2.18. The van der Waals surface area contributed by atoms with Crippen molar-refractivity contribution < 1.29 is 9.59 Å². The Morgan fingerprint density at radius 2 is 1.76 bits per heavy atom. The maximum Gasteiger partial charge on any atom is 0.210 e. The van der Waals surface area contributed by atoms with Crippen molar-refractivity contribution in [3.05, 3.63) is 45.6 Å². The van der Waals surface area contributed by atoms with Gasteiger partial charge in [-0.15, -0.1) is 6.42 Å². The smallest absolute Gasteiger partial charge is 0.210 e. The summed E-state index contributed by atoms with van der Waals surface area (Å²) in [5, 5.41) is 2.77. The summed E-state index contributed by atoms with van der Waals surface area (Å²) >= 11 is 3.14. The van der Waals surface area contributed by atoms with Crippen molar-refractivity contribution >= 4 is 27.5 Å². The Bertz CT molecular complexity index is 581. The van der Waals surface area contributed by atoms with E-state index in [-0.39, 0.29) is 28.3 Å². The van der Waals surface area contributed by atoms with Crippen LogP contribution in [0.3, 0.4) is 0 Å². The van der Waals surface area contributed by atoms with Crippen LogP contribution in [-0.4, -0.2) is 18.1 Å². The molecule has 84 valence electrons. The van der Waals surface area contributed by atoms with Gasteiger partial charge in [0.15, 0.2) is 0 Å². The zero-order valence-electron chi connectivity index (χ0n) is 8.79. The lowest BCUT2D eigenvalue weighted by atomic mass is 9.93. The number of nitrogens with one attached hydrogen (secondary N) is 1. The van der Waals surface area contributed by atoms with Gasteiger partial charge in [0.1, 0.15) is 5.70 Å². The van der Waals surface area contributed by atoms with Crippen LogP contribution < -0.4 is 5.32 Å². The Hall–Kier alpha value is -1.86. The van der Waals surface area contributed by atoms with Crippen molar-refractivity contribution in [2.24, 2.45) is 0 Å². The van der Waals surface area contributed by atoms with Crippen LogP contribution in [0.1, 0.15) is 20.7 Å². The predicted molar refractivity (Wildman–Crippen MR) is 67.9 cm³/mol. The third-order valence-electron chi connectivity index (χ3n) is 2.43. The molecular formula is C13H8BrNO2. The van der Waals surface area contributed by atoms with Gasteiger partial charge in [-0.2, -0.15) is 0 Å². The molecule has 1 aliphatic rings. The minimum atomic E-state index is -0.220. The fourth-order valence-electron chi connectivity index (χ4n) is 1.64. The number of rotatable bonds is 2. The van der Waals surface area contributed by atoms with Crippen LogP contribution in [0.25, 0.3) is 0 Å². The molecule has 1 aliphatic carbocycles. The first-order valence-electron chi connectivity index (χ1n) is 4.92. The molecule has 3 nitrogen and oxygen atoms in total. The molecule has 0 aromatic heterocycles. The molecule has 0 saturated heterocycles. The molecule has 0 spiro atoms. The van der Waals surface area contributed by atoms with Crippen LogP contribution in [0.15, 0.2) is 34.4 Å². The standard InChI is InChI=1S/C13H8BrNO2/c1-2-7-15-11-10(14)12(16)8-5-3-4-6-9(8)13(11)17/h1,3-6,15H,7H2. The third-order valence-corrected chi connectivity index (χ3v) is 3.19. The zero-order chi connectivity index (χ0) is 12.4. The molecule has 0 bridgehead atoms. The minimum Gasteiger partial charge on any atom is -0.370 e. The van der Waals surface area contributed by atoms with Crippen LogP contribution in [0, 0.1) is 12.3 Å². The lowest BCUT2D eigenvalue weighted by Crippen LogP contribution is -2.29. The average molecular weight is 290 g/mol. The lowest BCUT2D eigenvalue weighted by Gasteiger charge is -2.17. The van der Waals surface area contributed by atoms with E-state index in [0.29, 0.717) is 11.1 Å². The number of allylic oxidation sites excluding steroid dienone is 2. The van der Waals surface area contributed by atoms with Crippen molar-refractivity contribution in [3.8, 4) is 12.3 Å². The van der Waals surface area contributed by atoms with Gasteiger partial charge in [-0.3, -0.25) is 9.59 Å². The number of ketones is 2. The molecule has 0 aliphatic heterocycles. The second kappa shape index (κ2) is 4.56. The van der Waals surface area contributed by atoms with E-state index in [1.807, 2.05) is 0 Å². The van der Waals surface area contributed by atoms with E-state index in [2.05, 4.69) is 27.2 Å². The molecule has 4 heteroatoms. The quantitative estimate of drug-likeness (QED) is 0.846. The molecular weight excluding hydrogens is 282 g/mol. The molecule has 0 saturated carbocycles. The molecule has 0 fully saturated rings. The molecule has 0 heterocycles. The van der Waals surface area contributed by atoms with E-state index in [1.54, 1.807) is 24.3 Å². The summed E-state index contributed by atoms with van der Waals surface area (Å²) in [4.78, 5) is 24.1. The normalized spacial score (nSPS) is 14.4. The van der Waals surface area contributed by atoms with Gasteiger partial charge in [0.25, 0.3) is 0 Å². The van der Waals surface area contributed by atoms with E-state index in [9.17, 15) is 9.59 Å². The molecule has 0 atom stereocenters. The maximum atomic E-state index is 12.1. The summed E-state index contributed by atoms with van der Waals surface area (Å²) in [5.74, 6) is 1.94. The van der Waals surface area contributed by atoms with Crippen molar-refractivity contribution in [3.63, 3.8) is 0 Å². The number of benzene rings is 1. The molecule has 1 aromatic rings. The van der Waals surface area contributed by atoms with Gasteiger partial charge in [0, 0.05) is 11.1 Å². The molecule has 0 amide bonds. The van der Waals surface area contributed by atoms with Crippen LogP contribution in [0.4, 0.5) is 0 Å². The number of carbonyl (C=O) groups is 2. The highest BCUT2D eigenvalue weighted by atomic mass is 79.9. The first kappa shape index (κ1) is 11.6. The van der Waals surface area contributed by atoms with Gasteiger partial charge in [-0.1, -0.05) is 30.2 Å². The minimum absolute atomic E-state index is 0.200. The third kappa shape index (κ3) is 1.90. The van der Waals surface area contributed by atoms with Gasteiger partial charge in [-0.05, 0) is 15.9 Å². The fraction of sp³-hybridized carbons (Fsp3) is 0.0769. The summed E-state index contributed by atoms with van der Waals surface area (Å²) in [6.45, 7) is 0.200. The highest BCUT2D eigenvalue weighted by molar-refractivity contribution is 9.12. The van der Waals surface area contributed by atoms with Crippen molar-refractivity contribution in [2.75, 3.05) is 6.54 Å². The second-order valence-corrected chi connectivity index (χ2v) is 4.24. The van der Waals surface area contributed by atoms with Gasteiger partial charge < -0.3 is 5.32 Å². The highest BCUT2D eigenvalue weighted by Crippen LogP contribution is 2.28. The summed E-state index contributed by atoms with van der Waals surface area (Å²) in [6.07, 6.45) is 5.12. The molecule has 17 heavy (non-hydrogen) atoms. The van der Waals surface area contributed by atoms with Crippen molar-refractivity contribution in [1.82, 2.24) is 5.32 Å². The summed E-state index contributed by atoms with van der Waals surface area (Å²) in [5.41, 5.74) is 1.04. The summed E-state index contributed by atoms with van der Waals surface area (Å²) in [6, 6.07) is 6.72. The maximum absolute atomic E-state index is 12.1. The van der Waals surface area contributed by atoms with E-state index in [0.717, 1.165) is 0 Å². The summed E-state index contributed by atoms with van der Waals surface area (Å²) in [7, 11) is 0. The Balaban J connectivity index is 2.51. The van der Waals surface area contributed by atoms with Crippen LogP contribution in [0.5, 0.6) is 0 Å². The van der Waals surface area contributed by atoms with Gasteiger partial charge in [0.2, 0.25) is 11.6 Å². The number of carbonyl (C=O) groups excluding carboxylic acids is 2. The topological polar surface area (TPSA) is 46.2 Å². The molecule has 0 unspecified atom stereocenters. The van der Waals surface area contributed by atoms with Gasteiger partial charge in [-0.25, -0.2) is 0 Å². The van der Waals surface area contributed by atoms with Crippen molar-refractivity contribution in [2.45, 2.75) is 0 Å². The van der Waals surface area contributed by atoms with Crippen molar-refractivity contribution in [1.29, 1.82) is 0 Å². The monoisotopic (exact) mass is 289 g/mol. The zero-order valence-corrected chi connectivity index (χ0v) is 10.4. The van der Waals surface area contributed by atoms with Crippen LogP contribution >= 0.6 is 15.9 Å². The molecule has 1 N–H and O–H groups in total. The predicted octanol–water partition coefficient (Wildman–Crippen LogP) is 1.89. The van der Waals surface area contributed by atoms with E-state index >= 15 is 0 Å². The molecule has 2 rings (SSSR count). The number of hydrogen-bond acceptors (Lipinski definition) is 3. The first-order valence-corrected chi connectivity index (χ1v) is 5.71. The van der Waals surface area contributed by atoms with Gasteiger partial charge in [0.05, 0.1) is 11.0 Å². The van der Waals surface area contributed by atoms with Gasteiger partial charge >= 0.3 is 0 Å². The summed E-state index contributed by atoms with van der Waals surface area (Å²) < 4.78 is 0.233. The Labute approximate surface area is 107 Å². The second-order valence-electron chi connectivity index (χ2n) is 3.45. The Kier molecular flexibility index (Phi) is 3.12. The number of hydrogen-bond donors (Lipinski definition) is 1. The average Bonchev–Trinajstić information content (AvgIpc) is 2.36. The Morgan fingerprint density at radius 3 is 2.35 bits per heavy atom. The largest absolute Gasteiger partial charge is 0.370 e. The van der Waals surface area contributed by atoms with Crippen LogP contribution in [0.2, 0.25) is 0 Å². The molecule has 1 aromatic carbocycles. The first-order chi connectivity index (χ1) is 8.16. The number of fused-ring (bicyclic) bond motifs is 1. The lowest BCUT2D eigenvalue weighted by molar-refractivity contribution is 0.0976. The van der Waals surface area contributed by atoms with E-state index < -0.39 is 0 Å². The number of halogens is 1. The number of Topliss-reactive ketones (excluding diaryl/α,β-unsaturated/α-hetero) is 2. The molecule has 0 radical (unpaired) electrons. The Morgan fingerprint density at radius 1 is 1.18 bits per heavy atom. The van der Waals surface area contributed by atoms with E-state index in [1.165, 1.54) is 0 Å².